The number of aromatic amines is 1. The molecule has 10 heavy (non-hydrogen) atoms. The van der Waals surface area contributed by atoms with E-state index in [1.807, 2.05) is 19.1 Å². The molecule has 1 rings (SSSR count). The van der Waals surface area contributed by atoms with E-state index in [9.17, 15) is 0 Å². The molecule has 1 aromatic rings. The van der Waals surface area contributed by atoms with E-state index in [0.29, 0.717) is 0 Å². The number of hydrogen-bond acceptors (Lipinski definition) is 1. The molecule has 0 aliphatic carbocycles. The van der Waals surface area contributed by atoms with Crippen LogP contribution in [-0.4, -0.2) is 10.2 Å². The van der Waals surface area contributed by atoms with Gasteiger partial charge in [-0.3, -0.25) is 5.10 Å². The lowest BCUT2D eigenvalue weighted by Crippen LogP contribution is -2.20. The summed E-state index contributed by atoms with van der Waals surface area (Å²) >= 11 is 0. The van der Waals surface area contributed by atoms with Crippen LogP contribution >= 0.6 is 0 Å². The number of aromatic nitrogens is 2. The largest absolute Gasteiger partial charge is 0.278 e. The second-order valence-electron chi connectivity index (χ2n) is 1.93. The van der Waals surface area contributed by atoms with Gasteiger partial charge in [-0.15, -0.1) is 0 Å². The summed E-state index contributed by atoms with van der Waals surface area (Å²) in [5.41, 5.74) is 0. The molecule has 0 unspecified atom stereocenters. The Balaban J connectivity index is 3.41. The Kier molecular flexibility index (Phi) is 2.05. The Morgan fingerprint density at radius 1 is 1.70 bits per heavy atom. The Bertz CT molecular complexity index is 319. The molecule has 0 amide bonds. The summed E-state index contributed by atoms with van der Waals surface area (Å²) in [6.07, 6.45) is 7.41. The van der Waals surface area contributed by atoms with Gasteiger partial charge in [0, 0.05) is 5.22 Å². The maximum absolute atomic E-state index is 3.88. The van der Waals surface area contributed by atoms with Crippen LogP contribution in [0.5, 0.6) is 0 Å². The summed E-state index contributed by atoms with van der Waals surface area (Å²) in [7, 11) is 0. The molecule has 0 radical (unpaired) electrons. The molecule has 0 saturated carbocycles. The summed E-state index contributed by atoms with van der Waals surface area (Å²) in [5, 5.41) is 8.85. The average molecular weight is 134 g/mol. The van der Waals surface area contributed by atoms with E-state index < -0.39 is 0 Å². The van der Waals surface area contributed by atoms with Crippen LogP contribution in [0.25, 0.3) is 12.2 Å². The minimum atomic E-state index is 1.01. The van der Waals surface area contributed by atoms with Crippen molar-refractivity contribution in [3.63, 3.8) is 0 Å². The SMILES string of the molecule is C=C/C=c1/[nH]nc/c1=C/C. The second-order valence-corrected chi connectivity index (χ2v) is 1.93. The maximum atomic E-state index is 3.88. The lowest BCUT2D eigenvalue weighted by atomic mass is 10.4. The van der Waals surface area contributed by atoms with E-state index in [2.05, 4.69) is 16.8 Å². The average Bonchev–Trinajstić information content (AvgIpc) is 2.36. The minimum Gasteiger partial charge on any atom is -0.278 e. The van der Waals surface area contributed by atoms with Crippen molar-refractivity contribution in [2.75, 3.05) is 0 Å². The quantitative estimate of drug-likeness (QED) is 0.583. The van der Waals surface area contributed by atoms with Crippen molar-refractivity contribution in [1.82, 2.24) is 10.2 Å². The van der Waals surface area contributed by atoms with E-state index in [1.54, 1.807) is 12.3 Å². The molecular weight excluding hydrogens is 124 g/mol. The first-order chi connectivity index (χ1) is 4.88. The smallest absolute Gasteiger partial charge is 0.0646 e. The normalized spacial score (nSPS) is 14.1. The summed E-state index contributed by atoms with van der Waals surface area (Å²) in [6.45, 7) is 5.57. The van der Waals surface area contributed by atoms with Gasteiger partial charge in [0.25, 0.3) is 0 Å². The van der Waals surface area contributed by atoms with Crippen LogP contribution in [0.2, 0.25) is 0 Å². The van der Waals surface area contributed by atoms with Crippen molar-refractivity contribution in [2.24, 2.45) is 0 Å². The number of H-pyrrole nitrogens is 1. The standard InChI is InChI=1S/C8H10N2/c1-3-5-8-7(4-2)6-9-10-8/h3-6,10H,1H2,2H3/b7-4-,8-5+. The van der Waals surface area contributed by atoms with Gasteiger partial charge < -0.3 is 0 Å². The molecule has 52 valence electrons. The number of nitrogens with one attached hydrogen (secondary N) is 1. The molecule has 1 aromatic heterocycles. The Morgan fingerprint density at radius 2 is 2.50 bits per heavy atom. The van der Waals surface area contributed by atoms with Gasteiger partial charge in [-0.2, -0.15) is 5.10 Å². The zero-order valence-corrected chi connectivity index (χ0v) is 5.96. The molecule has 0 saturated heterocycles. The molecule has 0 atom stereocenters. The predicted molar refractivity (Wildman–Crippen MR) is 42.6 cm³/mol. The fraction of sp³-hybridized carbons (Fsp3) is 0.125. The lowest BCUT2D eigenvalue weighted by molar-refractivity contribution is 1.06. The molecule has 0 aliphatic rings. The second kappa shape index (κ2) is 3.01. The Morgan fingerprint density at radius 3 is 3.10 bits per heavy atom. The molecule has 0 fully saturated rings. The van der Waals surface area contributed by atoms with Gasteiger partial charge in [0.1, 0.15) is 0 Å². The minimum absolute atomic E-state index is 1.01. The van der Waals surface area contributed by atoms with Gasteiger partial charge in [-0.25, -0.2) is 0 Å². The molecule has 1 heterocycles. The molecule has 0 bridgehead atoms. The first-order valence-electron chi connectivity index (χ1n) is 3.17. The predicted octanol–water partition coefficient (Wildman–Crippen LogP) is 0.177. The zero-order chi connectivity index (χ0) is 7.40. The van der Waals surface area contributed by atoms with Gasteiger partial charge in [0.2, 0.25) is 0 Å². The van der Waals surface area contributed by atoms with E-state index in [-0.39, 0.29) is 0 Å². The summed E-state index contributed by atoms with van der Waals surface area (Å²) < 4.78 is 0. The highest BCUT2D eigenvalue weighted by molar-refractivity contribution is 5.34. The number of nitrogens with zero attached hydrogens (tertiary/aromatic N) is 1. The summed E-state index contributed by atoms with van der Waals surface area (Å²) in [5.74, 6) is 0. The third-order valence-corrected chi connectivity index (χ3v) is 1.30. The number of rotatable bonds is 1. The molecule has 1 N–H and O–H groups in total. The van der Waals surface area contributed by atoms with Gasteiger partial charge >= 0.3 is 0 Å². The molecule has 0 aromatic carbocycles. The highest BCUT2D eigenvalue weighted by Gasteiger charge is 1.80. The molecule has 0 aliphatic heterocycles. The summed E-state index contributed by atoms with van der Waals surface area (Å²) in [4.78, 5) is 0. The van der Waals surface area contributed by atoms with Crippen LogP contribution in [0.15, 0.2) is 18.9 Å². The first-order valence-corrected chi connectivity index (χ1v) is 3.17. The van der Waals surface area contributed by atoms with Crippen LogP contribution in [0.3, 0.4) is 0 Å². The van der Waals surface area contributed by atoms with Crippen LogP contribution in [0.4, 0.5) is 0 Å². The molecule has 2 nitrogen and oxygen atoms in total. The van der Waals surface area contributed by atoms with Gasteiger partial charge in [0.15, 0.2) is 0 Å². The van der Waals surface area contributed by atoms with Crippen molar-refractivity contribution in [3.8, 4) is 0 Å². The van der Waals surface area contributed by atoms with E-state index in [1.165, 1.54) is 0 Å². The van der Waals surface area contributed by atoms with Gasteiger partial charge in [-0.05, 0) is 13.0 Å². The lowest BCUT2D eigenvalue weighted by Gasteiger charge is -1.72. The first kappa shape index (κ1) is 6.81. The molecule has 0 spiro atoms. The van der Waals surface area contributed by atoms with E-state index >= 15 is 0 Å². The van der Waals surface area contributed by atoms with Crippen LogP contribution in [-0.2, 0) is 0 Å². The van der Waals surface area contributed by atoms with Crippen molar-refractivity contribution in [3.05, 3.63) is 29.4 Å². The molecule has 2 heteroatoms. The van der Waals surface area contributed by atoms with Gasteiger partial charge in [0.05, 0.1) is 11.5 Å². The number of allylic oxidation sites excluding steroid dienone is 1. The third-order valence-electron chi connectivity index (χ3n) is 1.30. The highest BCUT2D eigenvalue weighted by atomic mass is 15.1. The van der Waals surface area contributed by atoms with Crippen molar-refractivity contribution < 1.29 is 0 Å². The number of hydrogen-bond donors (Lipinski definition) is 1. The van der Waals surface area contributed by atoms with Crippen LogP contribution in [0, 0.1) is 0 Å². The third kappa shape index (κ3) is 1.16. The van der Waals surface area contributed by atoms with E-state index in [4.69, 9.17) is 0 Å². The van der Waals surface area contributed by atoms with Gasteiger partial charge in [-0.1, -0.05) is 18.7 Å². The monoisotopic (exact) mass is 134 g/mol. The molecular formula is C8H10N2. The summed E-state index contributed by atoms with van der Waals surface area (Å²) in [6, 6.07) is 0. The van der Waals surface area contributed by atoms with E-state index in [0.717, 1.165) is 10.6 Å². The van der Waals surface area contributed by atoms with Crippen molar-refractivity contribution >= 4 is 12.2 Å². The fourth-order valence-electron chi connectivity index (χ4n) is 0.787. The maximum Gasteiger partial charge on any atom is 0.0646 e. The Hall–Kier alpha value is -1.31. The van der Waals surface area contributed by atoms with Crippen molar-refractivity contribution in [2.45, 2.75) is 6.92 Å². The van der Waals surface area contributed by atoms with Crippen LogP contribution in [0.1, 0.15) is 6.92 Å². The fourth-order valence-corrected chi connectivity index (χ4v) is 0.787. The van der Waals surface area contributed by atoms with Crippen LogP contribution < -0.4 is 10.6 Å². The topological polar surface area (TPSA) is 28.7 Å². The zero-order valence-electron chi connectivity index (χ0n) is 5.96. The highest BCUT2D eigenvalue weighted by Crippen LogP contribution is 1.62. The van der Waals surface area contributed by atoms with Crippen molar-refractivity contribution in [1.29, 1.82) is 0 Å². The Labute approximate surface area is 59.6 Å².